The maximum atomic E-state index is 12.5. The largest absolute Gasteiger partial charge is 0.459 e. The van der Waals surface area contributed by atoms with Crippen LogP contribution in [0.4, 0.5) is 4.39 Å². The fraction of sp³-hybridized carbons (Fsp3) is 0.556. The van der Waals surface area contributed by atoms with Crippen molar-refractivity contribution in [2.24, 2.45) is 0 Å². The number of rotatable bonds is 2. The van der Waals surface area contributed by atoms with Crippen LogP contribution in [0.5, 0.6) is 6.01 Å². The van der Waals surface area contributed by atoms with Crippen LogP contribution in [0.3, 0.4) is 0 Å². The van der Waals surface area contributed by atoms with Gasteiger partial charge in [-0.05, 0) is 19.4 Å². The predicted molar refractivity (Wildman–Crippen MR) is 55.8 cm³/mol. The molecule has 1 fully saturated rings. The van der Waals surface area contributed by atoms with Gasteiger partial charge in [-0.15, -0.1) is 12.4 Å². The van der Waals surface area contributed by atoms with Crippen LogP contribution in [0, 0.1) is 5.82 Å². The second-order valence-corrected chi connectivity index (χ2v) is 3.27. The number of halogens is 2. The number of ether oxygens (including phenoxy) is 1. The molecule has 6 heteroatoms. The van der Waals surface area contributed by atoms with E-state index in [9.17, 15) is 4.39 Å². The Kier molecular flexibility index (Phi) is 4.71. The molecule has 4 nitrogen and oxygen atoms in total. The van der Waals surface area contributed by atoms with E-state index in [2.05, 4.69) is 15.3 Å². The highest BCUT2D eigenvalue weighted by Crippen LogP contribution is 2.09. The minimum absolute atomic E-state index is 0. The van der Waals surface area contributed by atoms with Crippen molar-refractivity contribution in [1.82, 2.24) is 15.3 Å². The Balaban J connectivity index is 0.00000112. The van der Waals surface area contributed by atoms with Gasteiger partial charge in [-0.3, -0.25) is 0 Å². The molecule has 0 spiro atoms. The predicted octanol–water partition coefficient (Wildman–Crippen LogP) is 1.17. The summed E-state index contributed by atoms with van der Waals surface area (Å²) in [6, 6.07) is 0.250. The van der Waals surface area contributed by atoms with Gasteiger partial charge in [-0.25, -0.2) is 14.4 Å². The minimum atomic E-state index is -0.445. The summed E-state index contributed by atoms with van der Waals surface area (Å²) in [5.74, 6) is -0.445. The minimum Gasteiger partial charge on any atom is -0.459 e. The summed E-state index contributed by atoms with van der Waals surface area (Å²) >= 11 is 0. The molecule has 0 amide bonds. The first-order chi connectivity index (χ1) is 6.84. The topological polar surface area (TPSA) is 47.0 Å². The summed E-state index contributed by atoms with van der Waals surface area (Å²) in [6.07, 6.45) is 4.41. The van der Waals surface area contributed by atoms with Crippen molar-refractivity contribution in [2.45, 2.75) is 18.9 Å². The third kappa shape index (κ3) is 3.60. The molecule has 0 saturated carbocycles. The van der Waals surface area contributed by atoms with Gasteiger partial charge in [0.25, 0.3) is 0 Å². The number of hydrogen-bond acceptors (Lipinski definition) is 4. The summed E-state index contributed by atoms with van der Waals surface area (Å²) in [6.45, 7) is 1.84. The first-order valence-corrected chi connectivity index (χ1v) is 4.69. The van der Waals surface area contributed by atoms with Crippen molar-refractivity contribution in [3.8, 4) is 6.01 Å². The standard InChI is InChI=1S/C9H12FN3O.ClH/c10-7-4-12-9(13-5-7)14-8-2-1-3-11-6-8;/h4-5,8,11H,1-3,6H2;1H. The maximum Gasteiger partial charge on any atom is 0.316 e. The zero-order valence-corrected chi connectivity index (χ0v) is 8.97. The van der Waals surface area contributed by atoms with Crippen molar-refractivity contribution in [1.29, 1.82) is 0 Å². The van der Waals surface area contributed by atoms with Crippen LogP contribution < -0.4 is 10.1 Å². The highest BCUT2D eigenvalue weighted by atomic mass is 35.5. The van der Waals surface area contributed by atoms with Crippen LogP contribution in [0.1, 0.15) is 12.8 Å². The van der Waals surface area contributed by atoms with Crippen molar-refractivity contribution < 1.29 is 9.13 Å². The fourth-order valence-corrected chi connectivity index (χ4v) is 1.43. The molecule has 1 aromatic rings. The van der Waals surface area contributed by atoms with Crippen LogP contribution in [0.25, 0.3) is 0 Å². The van der Waals surface area contributed by atoms with Crippen molar-refractivity contribution in [2.75, 3.05) is 13.1 Å². The van der Waals surface area contributed by atoms with E-state index >= 15 is 0 Å². The molecule has 1 aliphatic heterocycles. The zero-order valence-electron chi connectivity index (χ0n) is 8.15. The average Bonchev–Trinajstić information content (AvgIpc) is 2.23. The van der Waals surface area contributed by atoms with Gasteiger partial charge < -0.3 is 10.1 Å². The Bertz CT molecular complexity index is 290. The summed E-state index contributed by atoms with van der Waals surface area (Å²) in [7, 11) is 0. The van der Waals surface area contributed by atoms with Gasteiger partial charge in [0.1, 0.15) is 6.10 Å². The van der Waals surface area contributed by atoms with E-state index in [1.807, 2.05) is 0 Å². The third-order valence-corrected chi connectivity index (χ3v) is 2.12. The molecule has 1 aliphatic rings. The molecule has 1 N–H and O–H groups in total. The molecule has 2 heterocycles. The van der Waals surface area contributed by atoms with Gasteiger partial charge in [0.2, 0.25) is 0 Å². The third-order valence-electron chi connectivity index (χ3n) is 2.12. The van der Waals surface area contributed by atoms with Gasteiger partial charge in [-0.2, -0.15) is 0 Å². The summed E-state index contributed by atoms with van der Waals surface area (Å²) in [4.78, 5) is 7.47. The lowest BCUT2D eigenvalue weighted by atomic mass is 10.1. The molecule has 1 aromatic heterocycles. The van der Waals surface area contributed by atoms with Gasteiger partial charge in [0.15, 0.2) is 5.82 Å². The SMILES string of the molecule is Cl.Fc1cnc(OC2CCCNC2)nc1. The first kappa shape index (κ1) is 12.1. The molecule has 15 heavy (non-hydrogen) atoms. The van der Waals surface area contributed by atoms with Crippen LogP contribution in [-0.4, -0.2) is 29.2 Å². The molecule has 2 rings (SSSR count). The summed E-state index contributed by atoms with van der Waals surface area (Å²) < 4.78 is 17.9. The van der Waals surface area contributed by atoms with Crippen molar-refractivity contribution in [3.05, 3.63) is 18.2 Å². The molecule has 1 atom stereocenters. The number of aromatic nitrogens is 2. The molecule has 0 radical (unpaired) electrons. The lowest BCUT2D eigenvalue weighted by Gasteiger charge is -2.22. The van der Waals surface area contributed by atoms with Crippen molar-refractivity contribution >= 4 is 12.4 Å². The Labute approximate surface area is 93.7 Å². The summed E-state index contributed by atoms with van der Waals surface area (Å²) in [5.41, 5.74) is 0. The highest BCUT2D eigenvalue weighted by Gasteiger charge is 2.15. The van der Waals surface area contributed by atoms with E-state index in [-0.39, 0.29) is 24.5 Å². The number of nitrogens with zero attached hydrogens (tertiary/aromatic N) is 2. The van der Waals surface area contributed by atoms with E-state index in [1.165, 1.54) is 0 Å². The summed E-state index contributed by atoms with van der Waals surface area (Å²) in [5, 5.41) is 3.21. The molecule has 0 bridgehead atoms. The van der Waals surface area contributed by atoms with Crippen LogP contribution in [0.2, 0.25) is 0 Å². The number of nitrogens with one attached hydrogen (secondary N) is 1. The Morgan fingerprint density at radius 3 is 2.73 bits per heavy atom. The van der Waals surface area contributed by atoms with Gasteiger partial charge in [0.05, 0.1) is 12.4 Å². The molecule has 0 aromatic carbocycles. The van der Waals surface area contributed by atoms with E-state index in [1.54, 1.807) is 0 Å². The lowest BCUT2D eigenvalue weighted by Crippen LogP contribution is -2.37. The quantitative estimate of drug-likeness (QED) is 0.833. The van der Waals surface area contributed by atoms with E-state index in [4.69, 9.17) is 4.74 Å². The highest BCUT2D eigenvalue weighted by molar-refractivity contribution is 5.85. The maximum absolute atomic E-state index is 12.5. The van der Waals surface area contributed by atoms with E-state index in [0.717, 1.165) is 38.3 Å². The van der Waals surface area contributed by atoms with Gasteiger partial charge in [-0.1, -0.05) is 0 Å². The smallest absolute Gasteiger partial charge is 0.316 e. The van der Waals surface area contributed by atoms with E-state index in [0.29, 0.717) is 0 Å². The average molecular weight is 234 g/mol. The zero-order chi connectivity index (χ0) is 9.80. The van der Waals surface area contributed by atoms with Gasteiger partial charge in [0, 0.05) is 6.54 Å². The Morgan fingerprint density at radius 2 is 2.13 bits per heavy atom. The lowest BCUT2D eigenvalue weighted by molar-refractivity contribution is 0.153. The molecular formula is C9H13ClFN3O. The number of piperidine rings is 1. The van der Waals surface area contributed by atoms with Crippen LogP contribution in [0.15, 0.2) is 12.4 Å². The monoisotopic (exact) mass is 233 g/mol. The second kappa shape index (κ2) is 5.82. The molecule has 84 valence electrons. The molecular weight excluding hydrogens is 221 g/mol. The van der Waals surface area contributed by atoms with Gasteiger partial charge >= 0.3 is 6.01 Å². The normalized spacial score (nSPS) is 20.5. The first-order valence-electron chi connectivity index (χ1n) is 4.69. The molecule has 1 unspecified atom stereocenters. The molecule has 1 saturated heterocycles. The van der Waals surface area contributed by atoms with Crippen molar-refractivity contribution in [3.63, 3.8) is 0 Å². The van der Waals surface area contributed by atoms with Crippen LogP contribution >= 0.6 is 12.4 Å². The van der Waals surface area contributed by atoms with E-state index < -0.39 is 5.82 Å². The van der Waals surface area contributed by atoms with Crippen LogP contribution in [-0.2, 0) is 0 Å². The number of hydrogen-bond donors (Lipinski definition) is 1. The molecule has 0 aliphatic carbocycles. The Hall–Kier alpha value is -0.940. The Morgan fingerprint density at radius 1 is 1.40 bits per heavy atom. The fourth-order valence-electron chi connectivity index (χ4n) is 1.43. The second-order valence-electron chi connectivity index (χ2n) is 3.27.